The van der Waals surface area contributed by atoms with Gasteiger partial charge in [0.2, 0.25) is 0 Å². The summed E-state index contributed by atoms with van der Waals surface area (Å²) in [7, 11) is 0. The molecule has 0 unspecified atom stereocenters. The first-order chi connectivity index (χ1) is 9.47. The molecule has 2 aromatic carbocycles. The van der Waals surface area contributed by atoms with Gasteiger partial charge in [-0.05, 0) is 53.2 Å². The van der Waals surface area contributed by atoms with Crippen LogP contribution in [0.5, 0.6) is 0 Å². The van der Waals surface area contributed by atoms with Gasteiger partial charge in [0.15, 0.2) is 0 Å². The maximum Gasteiger partial charge on any atom is 0.125 e. The second-order valence-electron chi connectivity index (χ2n) is 4.46. The zero-order chi connectivity index (χ0) is 14.4. The van der Waals surface area contributed by atoms with E-state index in [1.54, 1.807) is 12.1 Å². The molecule has 3 rings (SSSR count). The highest BCUT2D eigenvalue weighted by molar-refractivity contribution is 9.10. The topological polar surface area (TPSA) is 43.8 Å². The average Bonchev–Trinajstić information content (AvgIpc) is 2.64. The Balaban J connectivity index is 2.38. The normalized spacial score (nSPS) is 11.2. The highest BCUT2D eigenvalue weighted by atomic mass is 79.9. The molecule has 6 heteroatoms. The standard InChI is InChI=1S/C14H10BrClFN3/c1-7-19-12-6-9(18)2-3-13(12)20(7)14-10(15)4-8(17)5-11(14)16/h2-6H,18H2,1H3. The molecule has 1 aromatic heterocycles. The number of nitrogens with two attached hydrogens (primary N) is 1. The number of rotatable bonds is 1. The molecule has 1 heterocycles. The average molecular weight is 355 g/mol. The fourth-order valence-corrected chi connectivity index (χ4v) is 3.26. The highest BCUT2D eigenvalue weighted by Crippen LogP contribution is 2.34. The highest BCUT2D eigenvalue weighted by Gasteiger charge is 2.16. The predicted molar refractivity (Wildman–Crippen MR) is 82.9 cm³/mol. The first-order valence-electron chi connectivity index (χ1n) is 5.87. The molecule has 3 nitrogen and oxygen atoms in total. The molecule has 0 radical (unpaired) electrons. The predicted octanol–water partition coefficient (Wildman–Crippen LogP) is 4.47. The third-order valence-electron chi connectivity index (χ3n) is 3.05. The summed E-state index contributed by atoms with van der Waals surface area (Å²) >= 11 is 9.54. The summed E-state index contributed by atoms with van der Waals surface area (Å²) in [4.78, 5) is 4.46. The third kappa shape index (κ3) is 2.07. The van der Waals surface area contributed by atoms with Crippen LogP contribution >= 0.6 is 27.5 Å². The first kappa shape index (κ1) is 13.4. The van der Waals surface area contributed by atoms with Gasteiger partial charge in [0.1, 0.15) is 11.6 Å². The van der Waals surface area contributed by atoms with E-state index in [0.29, 0.717) is 20.9 Å². The molecule has 0 amide bonds. The maximum absolute atomic E-state index is 13.4. The smallest absolute Gasteiger partial charge is 0.125 e. The van der Waals surface area contributed by atoms with Gasteiger partial charge < -0.3 is 5.73 Å². The molecule has 0 saturated heterocycles. The van der Waals surface area contributed by atoms with Crippen LogP contribution in [0.1, 0.15) is 5.82 Å². The molecule has 0 aliphatic carbocycles. The van der Waals surface area contributed by atoms with E-state index in [9.17, 15) is 4.39 Å². The summed E-state index contributed by atoms with van der Waals surface area (Å²) in [5.41, 5.74) is 8.72. The molecule has 3 aromatic rings. The van der Waals surface area contributed by atoms with E-state index < -0.39 is 5.82 Å². The number of aromatic nitrogens is 2. The van der Waals surface area contributed by atoms with Crippen LogP contribution in [0.25, 0.3) is 16.7 Å². The Morgan fingerprint density at radius 3 is 2.75 bits per heavy atom. The van der Waals surface area contributed by atoms with Crippen molar-refractivity contribution >= 4 is 44.3 Å². The summed E-state index contributed by atoms with van der Waals surface area (Å²) in [5, 5.41) is 0.316. The van der Waals surface area contributed by atoms with E-state index in [1.807, 2.05) is 17.6 Å². The fourth-order valence-electron chi connectivity index (χ4n) is 2.25. The second kappa shape index (κ2) is 4.75. The summed E-state index contributed by atoms with van der Waals surface area (Å²) in [6, 6.07) is 8.13. The minimum Gasteiger partial charge on any atom is -0.399 e. The summed E-state index contributed by atoms with van der Waals surface area (Å²) in [5.74, 6) is 0.358. The zero-order valence-electron chi connectivity index (χ0n) is 10.5. The van der Waals surface area contributed by atoms with Crippen molar-refractivity contribution < 1.29 is 4.39 Å². The van der Waals surface area contributed by atoms with Crippen LogP contribution < -0.4 is 5.73 Å². The Kier molecular flexibility index (Phi) is 3.18. The number of aryl methyl sites for hydroxylation is 1. The molecule has 0 saturated carbocycles. The van der Waals surface area contributed by atoms with Crippen molar-refractivity contribution in [1.82, 2.24) is 9.55 Å². The zero-order valence-corrected chi connectivity index (χ0v) is 12.8. The molecule has 0 bridgehead atoms. The Hall–Kier alpha value is -1.59. The van der Waals surface area contributed by atoms with Gasteiger partial charge in [-0.2, -0.15) is 0 Å². The maximum atomic E-state index is 13.4. The van der Waals surface area contributed by atoms with Crippen LogP contribution in [0.2, 0.25) is 5.02 Å². The van der Waals surface area contributed by atoms with Gasteiger partial charge in [0.25, 0.3) is 0 Å². The van der Waals surface area contributed by atoms with Gasteiger partial charge in [0, 0.05) is 10.2 Å². The van der Waals surface area contributed by atoms with Crippen LogP contribution in [0.3, 0.4) is 0 Å². The van der Waals surface area contributed by atoms with Crippen LogP contribution in [-0.2, 0) is 0 Å². The van der Waals surface area contributed by atoms with Gasteiger partial charge in [-0.3, -0.25) is 4.57 Å². The Bertz CT molecular complexity index is 806. The van der Waals surface area contributed by atoms with Crippen LogP contribution in [0, 0.1) is 12.7 Å². The lowest BCUT2D eigenvalue weighted by molar-refractivity contribution is 0.626. The van der Waals surface area contributed by atoms with Crippen molar-refractivity contribution in [3.05, 3.63) is 51.5 Å². The van der Waals surface area contributed by atoms with E-state index in [2.05, 4.69) is 20.9 Å². The van der Waals surface area contributed by atoms with E-state index in [0.717, 1.165) is 16.9 Å². The van der Waals surface area contributed by atoms with E-state index in [4.69, 9.17) is 17.3 Å². The number of benzene rings is 2. The minimum absolute atomic E-state index is 0.316. The molecule has 20 heavy (non-hydrogen) atoms. The number of fused-ring (bicyclic) bond motifs is 1. The minimum atomic E-state index is -0.392. The lowest BCUT2D eigenvalue weighted by Gasteiger charge is -2.11. The van der Waals surface area contributed by atoms with Crippen LogP contribution in [0.4, 0.5) is 10.1 Å². The van der Waals surface area contributed by atoms with Gasteiger partial charge >= 0.3 is 0 Å². The van der Waals surface area contributed by atoms with E-state index in [-0.39, 0.29) is 0 Å². The molecular formula is C14H10BrClFN3. The Labute approximate surface area is 128 Å². The van der Waals surface area contributed by atoms with Gasteiger partial charge in [-0.25, -0.2) is 9.37 Å². The number of nitrogen functional groups attached to an aromatic ring is 1. The summed E-state index contributed by atoms with van der Waals surface area (Å²) in [6.45, 7) is 1.86. The number of hydrogen-bond donors (Lipinski definition) is 1. The number of imidazole rings is 1. The number of nitrogens with zero attached hydrogens (tertiary/aromatic N) is 2. The largest absolute Gasteiger partial charge is 0.399 e. The number of hydrogen-bond acceptors (Lipinski definition) is 2. The van der Waals surface area contributed by atoms with Crippen molar-refractivity contribution in [3.63, 3.8) is 0 Å². The van der Waals surface area contributed by atoms with Gasteiger partial charge in [-0.1, -0.05) is 11.6 Å². The molecular weight excluding hydrogens is 345 g/mol. The lowest BCUT2D eigenvalue weighted by atomic mass is 10.2. The summed E-state index contributed by atoms with van der Waals surface area (Å²) < 4.78 is 15.8. The van der Waals surface area contributed by atoms with Crippen molar-refractivity contribution in [2.75, 3.05) is 5.73 Å². The molecule has 0 atom stereocenters. The molecule has 0 spiro atoms. The van der Waals surface area contributed by atoms with Gasteiger partial charge in [-0.15, -0.1) is 0 Å². The van der Waals surface area contributed by atoms with E-state index >= 15 is 0 Å². The number of anilines is 1. The van der Waals surface area contributed by atoms with E-state index in [1.165, 1.54) is 12.1 Å². The van der Waals surface area contributed by atoms with Crippen molar-refractivity contribution in [3.8, 4) is 5.69 Å². The Morgan fingerprint density at radius 2 is 2.05 bits per heavy atom. The van der Waals surface area contributed by atoms with Crippen LogP contribution in [0.15, 0.2) is 34.8 Å². The molecule has 102 valence electrons. The van der Waals surface area contributed by atoms with Crippen LogP contribution in [-0.4, -0.2) is 9.55 Å². The van der Waals surface area contributed by atoms with Gasteiger partial charge in [0.05, 0.1) is 21.7 Å². The molecule has 0 fully saturated rings. The quantitative estimate of drug-likeness (QED) is 0.655. The molecule has 2 N–H and O–H groups in total. The SMILES string of the molecule is Cc1nc2cc(N)ccc2n1-c1c(Cl)cc(F)cc1Br. The van der Waals surface area contributed by atoms with Crippen molar-refractivity contribution in [2.24, 2.45) is 0 Å². The first-order valence-corrected chi connectivity index (χ1v) is 7.04. The third-order valence-corrected chi connectivity index (χ3v) is 3.94. The molecule has 0 aliphatic heterocycles. The lowest BCUT2D eigenvalue weighted by Crippen LogP contribution is -2.00. The fraction of sp³-hybridized carbons (Fsp3) is 0.0714. The molecule has 0 aliphatic rings. The second-order valence-corrected chi connectivity index (χ2v) is 5.72. The monoisotopic (exact) mass is 353 g/mol. The number of halogens is 3. The Morgan fingerprint density at radius 1 is 1.30 bits per heavy atom. The van der Waals surface area contributed by atoms with Crippen molar-refractivity contribution in [2.45, 2.75) is 6.92 Å². The summed E-state index contributed by atoms with van der Waals surface area (Å²) in [6.07, 6.45) is 0. The van der Waals surface area contributed by atoms with Crippen molar-refractivity contribution in [1.29, 1.82) is 0 Å².